The maximum Gasteiger partial charge on any atom is 0.229 e. The molecule has 6 heteroatoms. The summed E-state index contributed by atoms with van der Waals surface area (Å²) in [5.41, 5.74) is 5.91. The maximum absolute atomic E-state index is 13.2. The number of aromatic nitrogens is 2. The van der Waals surface area contributed by atoms with Crippen LogP contribution in [0.2, 0.25) is 0 Å². The van der Waals surface area contributed by atoms with E-state index in [2.05, 4.69) is 10.1 Å². The average Bonchev–Trinajstić information content (AvgIpc) is 2.82. The number of nitrogens with two attached hydrogens (primary N) is 1. The lowest BCUT2D eigenvalue weighted by Gasteiger charge is -2.01. The normalized spacial score (nSPS) is 12.6. The van der Waals surface area contributed by atoms with E-state index in [-0.39, 0.29) is 5.92 Å². The molecule has 18 heavy (non-hydrogen) atoms. The highest BCUT2D eigenvalue weighted by Crippen LogP contribution is 2.24. The number of rotatable bonds is 4. The molecule has 96 valence electrons. The van der Waals surface area contributed by atoms with Crippen LogP contribution in [0.15, 0.2) is 22.7 Å². The Morgan fingerprint density at radius 1 is 1.50 bits per heavy atom. The smallest absolute Gasteiger partial charge is 0.229 e. The maximum atomic E-state index is 13.2. The van der Waals surface area contributed by atoms with Crippen molar-refractivity contribution in [1.82, 2.24) is 10.1 Å². The van der Waals surface area contributed by atoms with Crippen LogP contribution in [0.1, 0.15) is 25.2 Å². The van der Waals surface area contributed by atoms with Crippen LogP contribution in [0.4, 0.5) is 4.39 Å². The molecule has 0 saturated carbocycles. The molecule has 1 atom stereocenters. The molecule has 0 radical (unpaired) electrons. The van der Waals surface area contributed by atoms with Gasteiger partial charge in [0.2, 0.25) is 11.7 Å². The lowest BCUT2D eigenvalue weighted by atomic mass is 10.1. The summed E-state index contributed by atoms with van der Waals surface area (Å²) in [5.74, 6) is -0.275. The molecule has 0 bridgehead atoms. The molecule has 1 aromatic heterocycles. The van der Waals surface area contributed by atoms with Gasteiger partial charge in [0.15, 0.2) is 11.6 Å². The van der Waals surface area contributed by atoms with Crippen LogP contribution < -0.4 is 5.73 Å². The summed E-state index contributed by atoms with van der Waals surface area (Å²) < 4.78 is 18.3. The van der Waals surface area contributed by atoms with Gasteiger partial charge in [0, 0.05) is 11.5 Å². The predicted molar refractivity (Wildman–Crippen MR) is 63.4 cm³/mol. The fourth-order valence-electron chi connectivity index (χ4n) is 1.57. The number of phenols is 1. The van der Waals surface area contributed by atoms with Gasteiger partial charge in [0.05, 0.1) is 0 Å². The number of aromatic hydroxyl groups is 1. The predicted octanol–water partition coefficient (Wildman–Crippen LogP) is 2.03. The topological polar surface area (TPSA) is 85.2 Å². The zero-order valence-corrected chi connectivity index (χ0v) is 9.93. The van der Waals surface area contributed by atoms with Crippen LogP contribution in [0.3, 0.4) is 0 Å². The van der Waals surface area contributed by atoms with Gasteiger partial charge in [-0.25, -0.2) is 4.39 Å². The summed E-state index contributed by atoms with van der Waals surface area (Å²) in [4.78, 5) is 4.19. The first-order valence-electron chi connectivity index (χ1n) is 5.64. The van der Waals surface area contributed by atoms with Gasteiger partial charge in [0.1, 0.15) is 0 Å². The van der Waals surface area contributed by atoms with Gasteiger partial charge in [-0.05, 0) is 31.2 Å². The summed E-state index contributed by atoms with van der Waals surface area (Å²) in [6, 6.07) is 3.95. The number of hydrogen-bond donors (Lipinski definition) is 2. The highest BCUT2D eigenvalue weighted by Gasteiger charge is 2.15. The molecule has 1 aromatic carbocycles. The van der Waals surface area contributed by atoms with Crippen molar-refractivity contribution < 1.29 is 14.0 Å². The van der Waals surface area contributed by atoms with E-state index in [1.807, 2.05) is 6.92 Å². The van der Waals surface area contributed by atoms with Crippen LogP contribution in [0, 0.1) is 5.82 Å². The molecule has 3 N–H and O–H groups in total. The van der Waals surface area contributed by atoms with Crippen molar-refractivity contribution in [3.63, 3.8) is 0 Å². The standard InChI is InChI=1S/C12H14FN3O2/c1-7(4-5-14)12-15-11(16-18-12)8-2-3-10(17)9(13)6-8/h2-3,6-7,17H,4-5,14H2,1H3. The Labute approximate surface area is 103 Å². The average molecular weight is 251 g/mol. The summed E-state index contributed by atoms with van der Waals surface area (Å²) in [6.07, 6.45) is 0.742. The minimum absolute atomic E-state index is 0.0678. The molecular weight excluding hydrogens is 237 g/mol. The van der Waals surface area contributed by atoms with E-state index in [0.29, 0.717) is 23.8 Å². The molecule has 0 spiro atoms. The van der Waals surface area contributed by atoms with Crippen LogP contribution in [-0.2, 0) is 0 Å². The largest absolute Gasteiger partial charge is 0.505 e. The van der Waals surface area contributed by atoms with Gasteiger partial charge in [-0.3, -0.25) is 0 Å². The minimum Gasteiger partial charge on any atom is -0.505 e. The molecule has 0 aliphatic rings. The number of phenolic OH excluding ortho intramolecular Hbond substituents is 1. The number of halogens is 1. The van der Waals surface area contributed by atoms with E-state index in [1.54, 1.807) is 0 Å². The fourth-order valence-corrected chi connectivity index (χ4v) is 1.57. The molecule has 2 rings (SSSR count). The van der Waals surface area contributed by atoms with Crippen LogP contribution in [-0.4, -0.2) is 21.8 Å². The molecule has 1 unspecified atom stereocenters. The van der Waals surface area contributed by atoms with Crippen LogP contribution in [0.5, 0.6) is 5.75 Å². The first-order chi connectivity index (χ1) is 8.61. The molecule has 0 amide bonds. The van der Waals surface area contributed by atoms with E-state index in [9.17, 15) is 4.39 Å². The zero-order chi connectivity index (χ0) is 13.1. The Morgan fingerprint density at radius 3 is 2.94 bits per heavy atom. The van der Waals surface area contributed by atoms with Gasteiger partial charge in [0.25, 0.3) is 0 Å². The van der Waals surface area contributed by atoms with Gasteiger partial charge >= 0.3 is 0 Å². The summed E-state index contributed by atoms with van der Waals surface area (Å²) in [6.45, 7) is 2.47. The van der Waals surface area contributed by atoms with Gasteiger partial charge in [-0.15, -0.1) is 0 Å². The number of hydrogen-bond acceptors (Lipinski definition) is 5. The highest BCUT2D eigenvalue weighted by atomic mass is 19.1. The number of nitrogens with zero attached hydrogens (tertiary/aromatic N) is 2. The summed E-state index contributed by atoms with van der Waals surface area (Å²) >= 11 is 0. The number of benzene rings is 1. The molecule has 0 saturated heterocycles. The Kier molecular flexibility index (Phi) is 3.57. The summed E-state index contributed by atoms with van der Waals surface area (Å²) in [7, 11) is 0. The fraction of sp³-hybridized carbons (Fsp3) is 0.333. The quantitative estimate of drug-likeness (QED) is 0.868. The van der Waals surface area contributed by atoms with Crippen molar-refractivity contribution in [2.45, 2.75) is 19.3 Å². The second kappa shape index (κ2) is 5.14. The third-order valence-electron chi connectivity index (χ3n) is 2.67. The van der Waals surface area contributed by atoms with E-state index in [0.717, 1.165) is 12.5 Å². The van der Waals surface area contributed by atoms with E-state index in [4.69, 9.17) is 15.4 Å². The Morgan fingerprint density at radius 2 is 2.28 bits per heavy atom. The van der Waals surface area contributed by atoms with Crippen molar-refractivity contribution in [3.05, 3.63) is 29.9 Å². The SMILES string of the molecule is CC(CCN)c1nc(-c2ccc(O)c(F)c2)no1. The van der Waals surface area contributed by atoms with E-state index >= 15 is 0 Å². The molecule has 0 aliphatic carbocycles. The molecule has 1 heterocycles. The summed E-state index contributed by atoms with van der Waals surface area (Å²) in [5, 5.41) is 12.9. The van der Waals surface area contributed by atoms with Crippen LogP contribution in [0.25, 0.3) is 11.4 Å². The van der Waals surface area contributed by atoms with Gasteiger partial charge in [-0.1, -0.05) is 12.1 Å². The van der Waals surface area contributed by atoms with E-state index < -0.39 is 11.6 Å². The zero-order valence-electron chi connectivity index (χ0n) is 9.93. The Hall–Kier alpha value is -1.95. The molecular formula is C12H14FN3O2. The lowest BCUT2D eigenvalue weighted by molar-refractivity contribution is 0.355. The van der Waals surface area contributed by atoms with Crippen molar-refractivity contribution in [1.29, 1.82) is 0 Å². The molecule has 0 aliphatic heterocycles. The van der Waals surface area contributed by atoms with Crippen molar-refractivity contribution in [2.75, 3.05) is 6.54 Å². The molecule has 0 fully saturated rings. The van der Waals surface area contributed by atoms with Crippen molar-refractivity contribution in [3.8, 4) is 17.1 Å². The third-order valence-corrected chi connectivity index (χ3v) is 2.67. The lowest BCUT2D eigenvalue weighted by Crippen LogP contribution is -2.04. The second-order valence-corrected chi connectivity index (χ2v) is 4.10. The second-order valence-electron chi connectivity index (χ2n) is 4.10. The minimum atomic E-state index is -0.714. The molecule has 5 nitrogen and oxygen atoms in total. The third kappa shape index (κ3) is 2.48. The molecule has 2 aromatic rings. The first-order valence-corrected chi connectivity index (χ1v) is 5.64. The monoisotopic (exact) mass is 251 g/mol. The van der Waals surface area contributed by atoms with Gasteiger partial charge < -0.3 is 15.4 Å². The highest BCUT2D eigenvalue weighted by molar-refractivity contribution is 5.55. The Bertz CT molecular complexity index is 542. The van der Waals surface area contributed by atoms with Crippen molar-refractivity contribution >= 4 is 0 Å². The van der Waals surface area contributed by atoms with E-state index in [1.165, 1.54) is 12.1 Å². The van der Waals surface area contributed by atoms with Gasteiger partial charge in [-0.2, -0.15) is 4.98 Å². The Balaban J connectivity index is 2.26. The van der Waals surface area contributed by atoms with Crippen molar-refractivity contribution in [2.24, 2.45) is 5.73 Å². The first kappa shape index (κ1) is 12.5. The van der Waals surface area contributed by atoms with Crippen LogP contribution >= 0.6 is 0 Å².